The number of carbonyl (C=O) groups excluding carboxylic acids is 8. The van der Waals surface area contributed by atoms with Crippen molar-refractivity contribution in [2.75, 3.05) is 208 Å². The molecule has 9 aromatic heterocycles. The molecule has 1 atom stereocenters. The second-order valence-corrected chi connectivity index (χ2v) is 29.4. The number of urea groups is 2. The molecule has 0 bridgehead atoms. The third-order valence-electron chi connectivity index (χ3n) is 16.9. The minimum absolute atomic E-state index is 0.0136. The van der Waals surface area contributed by atoms with E-state index in [0.717, 1.165) is 92.1 Å². The number of amides is 8. The summed E-state index contributed by atoms with van der Waals surface area (Å²) < 4.78 is 22.8. The van der Waals surface area contributed by atoms with Crippen LogP contribution in [0.3, 0.4) is 0 Å². The first-order valence-electron chi connectivity index (χ1n) is 40.0. The number of nitrogens with zero attached hydrogens (tertiary/aromatic N) is 24. The van der Waals surface area contributed by atoms with Gasteiger partial charge in [-0.1, -0.05) is 45.8 Å². The first-order valence-corrected chi connectivity index (χ1v) is 42.4. The van der Waals surface area contributed by atoms with Gasteiger partial charge in [0.15, 0.2) is 23.1 Å². The normalized spacial score (nSPS) is 11.8. The number of nitrogens with one attached hydrogen (secondary N) is 12. The maximum atomic E-state index is 11.3. The number of allylic oxidation sites excluding steroid dienone is 2. The van der Waals surface area contributed by atoms with E-state index in [-0.39, 0.29) is 102 Å². The predicted molar refractivity (Wildman–Crippen MR) is 517 cm³/mol. The lowest BCUT2D eigenvalue weighted by Gasteiger charge is -2.19. The number of hydrogen-bond acceptors (Lipinski definition) is 45. The van der Waals surface area contributed by atoms with Crippen LogP contribution < -0.4 is 89.2 Å². The number of aromatic hydroxyl groups is 1. The zero-order chi connectivity index (χ0) is 104. The van der Waals surface area contributed by atoms with Gasteiger partial charge >= 0.3 is 23.4 Å². The van der Waals surface area contributed by atoms with Gasteiger partial charge in [0.2, 0.25) is 58.2 Å². The molecule has 744 valence electrons. The van der Waals surface area contributed by atoms with Crippen LogP contribution in [0, 0.1) is 74.1 Å². The van der Waals surface area contributed by atoms with Gasteiger partial charge in [0.1, 0.15) is 34.9 Å². The average molecular weight is 1980 g/mol. The van der Waals surface area contributed by atoms with Crippen LogP contribution in [0.15, 0.2) is 103 Å². The van der Waals surface area contributed by atoms with Crippen LogP contribution in [0.4, 0.5) is 66.5 Å². The molecule has 56 nitrogen and oxygen atoms in total. The zero-order valence-electron chi connectivity index (χ0n) is 78.7. The van der Waals surface area contributed by atoms with E-state index >= 15 is 0 Å². The molecule has 11 heterocycles. The molecule has 0 spiro atoms. The molecule has 2 aliphatic heterocycles. The highest BCUT2D eigenvalue weighted by molar-refractivity contribution is 8.15. The Bertz CT molecular complexity index is 5810. The third-order valence-corrected chi connectivity index (χ3v) is 19.5. The Labute approximate surface area is 802 Å². The van der Waals surface area contributed by atoms with Crippen molar-refractivity contribution in [3.8, 4) is 79.8 Å². The van der Waals surface area contributed by atoms with Crippen LogP contribution >= 0.6 is 35.0 Å². The molecule has 9 aromatic rings. The van der Waals surface area contributed by atoms with Gasteiger partial charge in [0.25, 0.3) is 40.0 Å². The Morgan fingerprint density at radius 1 is 0.594 bits per heavy atom. The Kier molecular flexibility index (Phi) is 55.3. The molecule has 59 heteroatoms. The maximum Gasteiger partial charge on any atom is 0.440 e. The molecule has 3 aliphatic rings. The Morgan fingerprint density at radius 2 is 1.17 bits per heavy atom. The fraction of sp³-hybridized carbons (Fsp3) is 0.405. The number of nitrogen functional groups attached to an aromatic ring is 1. The highest BCUT2D eigenvalue weighted by atomic mass is 32.2. The smallest absolute Gasteiger partial charge is 0.440 e. The Balaban J connectivity index is 0.000000754. The van der Waals surface area contributed by atoms with Crippen molar-refractivity contribution >= 4 is 134 Å². The van der Waals surface area contributed by atoms with Crippen LogP contribution in [-0.4, -0.2) is 355 Å². The van der Waals surface area contributed by atoms with E-state index < -0.39 is 57.2 Å². The number of terminal acetylenes is 6. The summed E-state index contributed by atoms with van der Waals surface area (Å²) in [5.74, 6) is 13.2. The number of carbonyl (C=O) groups is 8. The van der Waals surface area contributed by atoms with E-state index in [1.807, 2.05) is 102 Å². The van der Waals surface area contributed by atoms with Gasteiger partial charge in [-0.3, -0.25) is 87.0 Å². The number of imide groups is 2. The number of Topliss-reactive ketones (excluding diaryl/α,β-unsaturated/α-hetero) is 1. The van der Waals surface area contributed by atoms with E-state index in [2.05, 4.69) is 163 Å². The monoisotopic (exact) mass is 1980 g/mol. The van der Waals surface area contributed by atoms with Crippen molar-refractivity contribution in [3.05, 3.63) is 124 Å². The molecule has 1 unspecified atom stereocenters. The third kappa shape index (κ3) is 43.3. The van der Waals surface area contributed by atoms with Crippen LogP contribution in [0.1, 0.15) is 47.4 Å². The summed E-state index contributed by atoms with van der Waals surface area (Å²) in [6, 6.07) is 2.38. The molecule has 17 N–H and O–H groups in total. The second kappa shape index (κ2) is 64.4. The number of nitrogens with two attached hydrogens (primary N) is 1. The van der Waals surface area contributed by atoms with E-state index in [1.165, 1.54) is 61.7 Å². The highest BCUT2D eigenvalue weighted by Crippen LogP contribution is 2.22. The molecule has 1 aliphatic carbocycles. The first kappa shape index (κ1) is 119. The van der Waals surface area contributed by atoms with Crippen molar-refractivity contribution in [2.24, 2.45) is 0 Å². The average Bonchev–Trinajstić information content (AvgIpc) is 1.66. The second-order valence-electron chi connectivity index (χ2n) is 26.9. The van der Waals surface area contributed by atoms with Crippen LogP contribution in [0.25, 0.3) is 0 Å². The zero-order valence-corrected chi connectivity index (χ0v) is 81.1. The van der Waals surface area contributed by atoms with Crippen LogP contribution in [0.5, 0.6) is 5.75 Å². The van der Waals surface area contributed by atoms with E-state index in [4.69, 9.17) is 68.5 Å². The molecule has 0 radical (unpaired) electrons. The van der Waals surface area contributed by atoms with Crippen molar-refractivity contribution in [1.82, 2.24) is 140 Å². The van der Waals surface area contributed by atoms with E-state index in [1.54, 1.807) is 56.0 Å². The summed E-state index contributed by atoms with van der Waals surface area (Å²) in [4.78, 5) is 172. The molecular weight excluding hydrogens is 1870 g/mol. The van der Waals surface area contributed by atoms with Gasteiger partial charge in [0.05, 0.1) is 57.6 Å². The Morgan fingerprint density at radius 3 is 1.64 bits per heavy atom. The summed E-state index contributed by atoms with van der Waals surface area (Å²) in [5, 5.41) is 80.7. The van der Waals surface area contributed by atoms with Crippen molar-refractivity contribution in [1.29, 1.82) is 0 Å². The number of aromatic nitrogens is 20. The number of ketones is 2. The molecule has 8 amide bonds. The number of aliphatic hydroxyl groups excluding tert-OH is 2. The number of aromatic amines is 8. The van der Waals surface area contributed by atoms with Gasteiger partial charge in [-0.25, -0.2) is 24.6 Å². The fourth-order valence-corrected chi connectivity index (χ4v) is 10.7. The topological polar surface area (TPSA) is 716 Å². The molecular formula is C79H111N37O19S3. The molecule has 0 aromatic carbocycles. The minimum Gasteiger partial charge on any atom is -0.504 e. The number of aliphatic hydroxyl groups is 2. The lowest BCUT2D eigenvalue weighted by molar-refractivity contribution is -0.125. The number of H-pyrrole nitrogens is 8. The van der Waals surface area contributed by atoms with Gasteiger partial charge < -0.3 is 89.2 Å². The summed E-state index contributed by atoms with van der Waals surface area (Å²) in [5.41, 5.74) is 4.80. The van der Waals surface area contributed by atoms with Crippen molar-refractivity contribution in [2.45, 2.75) is 53.5 Å². The Hall–Kier alpha value is -17.4. The summed E-state index contributed by atoms with van der Waals surface area (Å²) in [6.07, 6.45) is 36.0. The molecule has 1 fully saturated rings. The molecule has 1 saturated heterocycles. The van der Waals surface area contributed by atoms with Crippen LogP contribution in [-0.2, 0) is 30.5 Å². The van der Waals surface area contributed by atoms with Crippen molar-refractivity contribution < 1.29 is 67.1 Å². The number of hydrogen-bond donors (Lipinski definition) is 16. The number of thioether (sulfide) groups is 1. The minimum atomic E-state index is -0.788. The maximum absolute atomic E-state index is 11.3. The number of rotatable bonds is 25. The summed E-state index contributed by atoms with van der Waals surface area (Å²) in [7, 11) is 20.9. The fourth-order valence-electron chi connectivity index (χ4n) is 8.68. The lowest BCUT2D eigenvalue weighted by Crippen LogP contribution is -2.37. The lowest BCUT2D eigenvalue weighted by atomic mass is 10.1. The summed E-state index contributed by atoms with van der Waals surface area (Å²) in [6.45, 7) is 18.9. The van der Waals surface area contributed by atoms with Gasteiger partial charge in [-0.2, -0.15) is 35.0 Å². The largest absolute Gasteiger partial charge is 0.504 e. The molecule has 12 rings (SSSR count). The molecule has 0 saturated carbocycles. The highest BCUT2D eigenvalue weighted by Gasteiger charge is 2.35. The van der Waals surface area contributed by atoms with Gasteiger partial charge in [-0.15, -0.1) is 58.9 Å². The van der Waals surface area contributed by atoms with Gasteiger partial charge in [0, 0.05) is 147 Å². The van der Waals surface area contributed by atoms with Crippen LogP contribution in [0.2, 0.25) is 0 Å². The molecule has 138 heavy (non-hydrogen) atoms. The van der Waals surface area contributed by atoms with Gasteiger partial charge in [-0.05, 0) is 82.3 Å². The number of likely N-dealkylation sites (N-methyl/N-ethyl adjacent to an activating group) is 3. The first-order chi connectivity index (χ1) is 65.5. The van der Waals surface area contributed by atoms with E-state index in [0.29, 0.717) is 41.9 Å². The predicted octanol–water partition coefficient (Wildman–Crippen LogP) is -0.921. The summed E-state index contributed by atoms with van der Waals surface area (Å²) >= 11 is 3.40. The number of tetrazole rings is 2. The quantitative estimate of drug-likeness (QED) is 0.0187. The SMILES string of the molecule is C#CCN(C)C(=O)NCc1nn[nH]n1.C#CCN(C)C(=O)Nc1nn[nH]n1.C#CCN(C)C1=C(O)C(=O)NC1=O.C#CCN(C)C1=CC(=O)C=C(O)C1=O.C#CCN(C)C1SC(=O)NC1=O.C#CCN(C)c1cocc(O)c1=O.CCN(C)c1cc(=O)[nH]o1.CCN(C)c1cc(=O)[nH]s1.CCN(C)c1n[nH]c(N)n1.CCN(C)c1ncn[nH]1.CCN(C)c1noc(=O)[nH]1.CCN(C)c1ns[nH]c1=O. The number of anilines is 9. The standard InChI is InChI=1S/C10H9NO3.C9H9NO3.C8H8N2O3.C7H10N6O.C7H8N2O2S.C6H8N6O.C6H10N2O2.C6H10N2OS.C5H11N5.C5H10N4.C5H9N3O2.C5H9N3OS/c1-3-4-11(2)8-5-7(12)6-9(13)10(8)14;1-3-4-10(2)7-5-13-6-8(11)9(7)12;1-3-4-10(2)5-6(11)8(13)9-7(5)12;1-3-4-13(2)7(14)8-5-6-9-11-12-10-6;1-3-4-9(2)6-5(10)8-7(11)12-6;1-3-4-12(2)6(13)7-5-8-10-11-9-5;2*1-3-8(2)6-4-5(9)7-10-6;1-3-10(2)5-7-4(6)8-9-5;1-3-9(2)5-6-4-7-8-5;1-3-8(2)4-6-5(9)10-7-4;1-3-8(2)4-5(9)7-10-6-4/h1,5-6,13H,4H2,2H3;1,5-6,11H,4H2,2H3;1H,4H2,2H3,(H2,9,11,12,13);1H,4-5H2,2H3,(H,8,14)(H,9,10,11,12);1,6H,4H2,2H3,(H,8,10,11);1H,4H2,2H3,(H2,7,8,9,10,11,13);2*4H,3H2,1-2H3,(H,7,9);3H2,1-2H3,(H3,6,7,8,9);4H,3H2,1-2H3,(H,6,7,8);3H2,1-2H3,(H,6,7,9);3H2,1-2H3,(H,7,9). The van der Waals surface area contributed by atoms with E-state index in [9.17, 15) is 62.3 Å². The van der Waals surface area contributed by atoms with Crippen molar-refractivity contribution in [3.63, 3.8) is 0 Å².